The highest BCUT2D eigenvalue weighted by Crippen LogP contribution is 2.00. The van der Waals surface area contributed by atoms with Gasteiger partial charge in [0.05, 0.1) is 5.56 Å². The normalized spacial score (nSPS) is 16.3. The van der Waals surface area contributed by atoms with Crippen molar-refractivity contribution in [1.82, 2.24) is 5.32 Å². The molecule has 0 bridgehead atoms. The van der Waals surface area contributed by atoms with Gasteiger partial charge in [0.25, 0.3) is 5.84 Å². The molecule has 0 unspecified atom stereocenters. The Bertz CT molecular complexity index is 303. The van der Waals surface area contributed by atoms with Crippen molar-refractivity contribution in [2.24, 2.45) is 5.84 Å². The van der Waals surface area contributed by atoms with Crippen LogP contribution >= 0.6 is 0 Å². The first-order valence-corrected chi connectivity index (χ1v) is 4.06. The fraction of sp³-hybridized carbons (Fsp3) is 0.222. The van der Waals surface area contributed by atoms with Crippen LogP contribution in [0, 0.1) is 0 Å². The standard InChI is InChI=1S/C9H11N3/c10-12-7-6-11-9(12)8-4-2-1-3-5-8/h1-5H,6-7,10H2/p+1. The van der Waals surface area contributed by atoms with Crippen LogP contribution in [-0.2, 0) is 0 Å². The molecular weight excluding hydrogens is 150 g/mol. The monoisotopic (exact) mass is 162 g/mol. The zero-order chi connectivity index (χ0) is 8.39. The van der Waals surface area contributed by atoms with Crippen LogP contribution in [0.3, 0.4) is 0 Å². The molecule has 1 aromatic carbocycles. The topological polar surface area (TPSA) is 41.1 Å². The highest BCUT2D eigenvalue weighted by Gasteiger charge is 2.19. The van der Waals surface area contributed by atoms with Crippen LogP contribution in [0.15, 0.2) is 30.3 Å². The molecule has 2 rings (SSSR count). The van der Waals surface area contributed by atoms with Gasteiger partial charge in [0.2, 0.25) is 0 Å². The number of amidine groups is 1. The summed E-state index contributed by atoms with van der Waals surface area (Å²) in [6.07, 6.45) is 0. The maximum Gasteiger partial charge on any atom is 0.300 e. The fourth-order valence-electron chi connectivity index (χ4n) is 1.37. The lowest BCUT2D eigenvalue weighted by molar-refractivity contribution is -0.529. The molecule has 3 heteroatoms. The number of hydrazine groups is 1. The number of nitrogens with two attached hydrogens (primary N) is 1. The average Bonchev–Trinajstić information content (AvgIpc) is 2.53. The van der Waals surface area contributed by atoms with E-state index < -0.39 is 0 Å². The molecule has 0 saturated carbocycles. The van der Waals surface area contributed by atoms with E-state index in [2.05, 4.69) is 5.32 Å². The third-order valence-corrected chi connectivity index (χ3v) is 1.98. The molecule has 0 amide bonds. The van der Waals surface area contributed by atoms with Gasteiger partial charge < -0.3 is 0 Å². The minimum Gasteiger partial charge on any atom is -0.273 e. The zero-order valence-electron chi connectivity index (χ0n) is 6.83. The van der Waals surface area contributed by atoms with Crippen LogP contribution < -0.4 is 11.2 Å². The van der Waals surface area contributed by atoms with Crippen LogP contribution in [0.25, 0.3) is 0 Å². The molecular formula is C9H12N3+. The maximum atomic E-state index is 5.74. The van der Waals surface area contributed by atoms with Gasteiger partial charge in [-0.25, -0.2) is 0 Å². The van der Waals surface area contributed by atoms with Crippen molar-refractivity contribution < 1.29 is 4.68 Å². The summed E-state index contributed by atoms with van der Waals surface area (Å²) >= 11 is 0. The second-order valence-electron chi connectivity index (χ2n) is 2.83. The minimum absolute atomic E-state index is 0.879. The summed E-state index contributed by atoms with van der Waals surface area (Å²) in [5.74, 6) is 6.77. The van der Waals surface area contributed by atoms with Gasteiger partial charge in [0.1, 0.15) is 13.1 Å². The van der Waals surface area contributed by atoms with Gasteiger partial charge in [-0.05, 0) is 12.1 Å². The molecule has 0 saturated heterocycles. The molecule has 0 fully saturated rings. The van der Waals surface area contributed by atoms with Gasteiger partial charge in [-0.15, -0.1) is 0 Å². The van der Waals surface area contributed by atoms with Crippen molar-refractivity contribution in [2.75, 3.05) is 13.1 Å². The molecule has 0 aliphatic carbocycles. The minimum atomic E-state index is 0.879. The SMILES string of the molecule is N[N+]1=C(c2ccccc2)NCC1. The molecule has 1 heterocycles. The molecule has 0 aromatic heterocycles. The smallest absolute Gasteiger partial charge is 0.273 e. The highest BCUT2D eigenvalue weighted by molar-refractivity contribution is 5.95. The van der Waals surface area contributed by atoms with E-state index in [1.165, 1.54) is 0 Å². The second kappa shape index (κ2) is 2.85. The van der Waals surface area contributed by atoms with Gasteiger partial charge >= 0.3 is 0 Å². The van der Waals surface area contributed by atoms with Gasteiger partial charge in [-0.2, -0.15) is 4.68 Å². The van der Waals surface area contributed by atoms with Crippen molar-refractivity contribution in [3.05, 3.63) is 35.9 Å². The Kier molecular flexibility index (Phi) is 1.70. The fourth-order valence-corrected chi connectivity index (χ4v) is 1.37. The Balaban J connectivity index is 2.37. The molecule has 1 aromatic rings. The third kappa shape index (κ3) is 1.13. The molecule has 62 valence electrons. The van der Waals surface area contributed by atoms with Gasteiger partial charge in [-0.3, -0.25) is 11.2 Å². The van der Waals surface area contributed by atoms with Crippen LogP contribution in [0.1, 0.15) is 5.56 Å². The number of rotatable bonds is 1. The van der Waals surface area contributed by atoms with E-state index in [1.807, 2.05) is 30.3 Å². The van der Waals surface area contributed by atoms with Crippen LogP contribution in [0.2, 0.25) is 0 Å². The van der Waals surface area contributed by atoms with Gasteiger partial charge in [0, 0.05) is 0 Å². The van der Waals surface area contributed by atoms with E-state index in [4.69, 9.17) is 5.84 Å². The van der Waals surface area contributed by atoms with Crippen molar-refractivity contribution in [1.29, 1.82) is 0 Å². The average molecular weight is 162 g/mol. The first-order valence-electron chi connectivity index (χ1n) is 4.06. The number of benzene rings is 1. The number of nitrogens with zero attached hydrogens (tertiary/aromatic N) is 1. The van der Waals surface area contributed by atoms with E-state index in [0.717, 1.165) is 24.5 Å². The Labute approximate surface area is 71.5 Å². The summed E-state index contributed by atoms with van der Waals surface area (Å²) in [5.41, 5.74) is 1.15. The number of nitrogens with one attached hydrogen (secondary N) is 1. The van der Waals surface area contributed by atoms with Crippen molar-refractivity contribution in [2.45, 2.75) is 0 Å². The Hall–Kier alpha value is -1.51. The molecule has 3 N–H and O–H groups in total. The Morgan fingerprint density at radius 1 is 1.25 bits per heavy atom. The van der Waals surface area contributed by atoms with Crippen LogP contribution in [0.4, 0.5) is 0 Å². The van der Waals surface area contributed by atoms with Gasteiger partial charge in [0.15, 0.2) is 0 Å². The Morgan fingerprint density at radius 2 is 2.00 bits per heavy atom. The third-order valence-electron chi connectivity index (χ3n) is 1.98. The van der Waals surface area contributed by atoms with Gasteiger partial charge in [-0.1, -0.05) is 18.2 Å². The lowest BCUT2D eigenvalue weighted by atomic mass is 10.2. The summed E-state index contributed by atoms with van der Waals surface area (Å²) in [4.78, 5) is 0. The predicted molar refractivity (Wildman–Crippen MR) is 47.9 cm³/mol. The maximum absolute atomic E-state index is 5.74. The summed E-state index contributed by atoms with van der Waals surface area (Å²) in [5, 5.41) is 3.24. The van der Waals surface area contributed by atoms with Crippen LogP contribution in [-0.4, -0.2) is 23.6 Å². The number of hydrogen-bond acceptors (Lipinski definition) is 2. The largest absolute Gasteiger partial charge is 0.300 e. The molecule has 0 atom stereocenters. The highest BCUT2D eigenvalue weighted by atomic mass is 15.4. The lowest BCUT2D eigenvalue weighted by Crippen LogP contribution is -2.27. The second-order valence-corrected chi connectivity index (χ2v) is 2.83. The summed E-state index contributed by atoms with van der Waals surface area (Å²) in [6.45, 7) is 1.81. The summed E-state index contributed by atoms with van der Waals surface area (Å²) < 4.78 is 1.75. The molecule has 0 radical (unpaired) electrons. The van der Waals surface area contributed by atoms with E-state index >= 15 is 0 Å². The molecule has 3 nitrogen and oxygen atoms in total. The van der Waals surface area contributed by atoms with Crippen molar-refractivity contribution in [3.63, 3.8) is 0 Å². The summed E-state index contributed by atoms with van der Waals surface area (Å²) in [7, 11) is 0. The molecule has 1 aliphatic heterocycles. The first kappa shape index (κ1) is 7.16. The molecule has 1 aliphatic rings. The zero-order valence-corrected chi connectivity index (χ0v) is 6.83. The Morgan fingerprint density at radius 3 is 2.58 bits per heavy atom. The number of hydrogen-bond donors (Lipinski definition) is 2. The van der Waals surface area contributed by atoms with E-state index in [-0.39, 0.29) is 0 Å². The van der Waals surface area contributed by atoms with E-state index in [1.54, 1.807) is 4.68 Å². The predicted octanol–water partition coefficient (Wildman–Crippen LogP) is -0.0774. The van der Waals surface area contributed by atoms with E-state index in [9.17, 15) is 0 Å². The lowest BCUT2D eigenvalue weighted by Gasteiger charge is -1.96. The first-order chi connectivity index (χ1) is 5.88. The molecule has 0 spiro atoms. The van der Waals surface area contributed by atoms with Crippen molar-refractivity contribution in [3.8, 4) is 0 Å². The van der Waals surface area contributed by atoms with Crippen molar-refractivity contribution >= 4 is 5.84 Å². The quantitative estimate of drug-likeness (QED) is 0.448. The van der Waals surface area contributed by atoms with Crippen LogP contribution in [0.5, 0.6) is 0 Å². The van der Waals surface area contributed by atoms with E-state index in [0.29, 0.717) is 0 Å². The molecule has 12 heavy (non-hydrogen) atoms. The number of hydrazone groups is 1. The summed E-state index contributed by atoms with van der Waals surface area (Å²) in [6, 6.07) is 10.1.